The van der Waals surface area contributed by atoms with Gasteiger partial charge in [-0.1, -0.05) is 18.2 Å². The number of nitrogens with one attached hydrogen (secondary N) is 1. The fourth-order valence-electron chi connectivity index (χ4n) is 3.30. The number of pyridine rings is 1. The molecule has 4 rings (SSSR count). The maximum atomic E-state index is 12.8. The van der Waals surface area contributed by atoms with Gasteiger partial charge in [0.05, 0.1) is 11.8 Å². The Balaban J connectivity index is 1.35. The van der Waals surface area contributed by atoms with Crippen molar-refractivity contribution in [3.8, 4) is 0 Å². The van der Waals surface area contributed by atoms with Crippen LogP contribution in [0.1, 0.15) is 26.5 Å². The van der Waals surface area contributed by atoms with Gasteiger partial charge in [-0.3, -0.25) is 9.59 Å². The number of carbonyl (C=O) groups is 2. The Kier molecular flexibility index (Phi) is 5.29. The zero-order chi connectivity index (χ0) is 20.2. The molecule has 1 aromatic carbocycles. The van der Waals surface area contributed by atoms with Gasteiger partial charge < -0.3 is 19.5 Å². The van der Waals surface area contributed by atoms with Gasteiger partial charge in [-0.05, 0) is 42.8 Å². The number of para-hydroxylation sites is 1. The minimum atomic E-state index is -0.143. The summed E-state index contributed by atoms with van der Waals surface area (Å²) < 4.78 is 5.17. The highest BCUT2D eigenvalue weighted by Gasteiger charge is 2.26. The number of anilines is 2. The second kappa shape index (κ2) is 8.18. The largest absolute Gasteiger partial charge is 0.459 e. The summed E-state index contributed by atoms with van der Waals surface area (Å²) in [6, 6.07) is 14.9. The number of benzene rings is 1. The Morgan fingerprint density at radius 3 is 2.28 bits per heavy atom. The first kappa shape index (κ1) is 18.7. The number of piperazine rings is 1. The predicted molar refractivity (Wildman–Crippen MR) is 109 cm³/mol. The molecule has 0 atom stereocenters. The van der Waals surface area contributed by atoms with Crippen molar-refractivity contribution in [3.63, 3.8) is 0 Å². The molecule has 0 radical (unpaired) electrons. The number of rotatable bonds is 4. The Morgan fingerprint density at radius 1 is 0.931 bits per heavy atom. The second-order valence-electron chi connectivity index (χ2n) is 6.93. The van der Waals surface area contributed by atoms with Gasteiger partial charge in [0.1, 0.15) is 5.82 Å². The normalized spacial score (nSPS) is 14.0. The second-order valence-corrected chi connectivity index (χ2v) is 6.93. The number of furan rings is 1. The van der Waals surface area contributed by atoms with Crippen molar-refractivity contribution in [1.29, 1.82) is 0 Å². The van der Waals surface area contributed by atoms with E-state index in [9.17, 15) is 9.59 Å². The van der Waals surface area contributed by atoms with E-state index in [1.165, 1.54) is 6.26 Å². The molecular formula is C22H22N4O3. The van der Waals surface area contributed by atoms with Crippen molar-refractivity contribution >= 4 is 23.3 Å². The van der Waals surface area contributed by atoms with E-state index in [0.29, 0.717) is 43.3 Å². The molecule has 7 heteroatoms. The molecule has 7 nitrogen and oxygen atoms in total. The lowest BCUT2D eigenvalue weighted by atomic mass is 10.2. The summed E-state index contributed by atoms with van der Waals surface area (Å²) >= 11 is 0. The lowest BCUT2D eigenvalue weighted by molar-refractivity contribution is 0.0518. The van der Waals surface area contributed by atoms with E-state index in [-0.39, 0.29) is 11.8 Å². The maximum Gasteiger partial charge on any atom is 0.289 e. The third-order valence-corrected chi connectivity index (χ3v) is 5.00. The zero-order valence-electron chi connectivity index (χ0n) is 16.2. The van der Waals surface area contributed by atoms with Crippen molar-refractivity contribution in [3.05, 3.63) is 77.9 Å². The summed E-state index contributed by atoms with van der Waals surface area (Å²) in [6.45, 7) is 3.94. The van der Waals surface area contributed by atoms with Gasteiger partial charge in [0.15, 0.2) is 5.76 Å². The van der Waals surface area contributed by atoms with Gasteiger partial charge >= 0.3 is 0 Å². The summed E-state index contributed by atoms with van der Waals surface area (Å²) in [5.41, 5.74) is 2.64. The van der Waals surface area contributed by atoms with Gasteiger partial charge in [0.25, 0.3) is 11.8 Å². The quantitative estimate of drug-likeness (QED) is 0.739. The monoisotopic (exact) mass is 390 g/mol. The third-order valence-electron chi connectivity index (χ3n) is 5.00. The van der Waals surface area contributed by atoms with Crippen molar-refractivity contribution in [2.45, 2.75) is 6.92 Å². The van der Waals surface area contributed by atoms with E-state index in [1.54, 1.807) is 40.3 Å². The van der Waals surface area contributed by atoms with E-state index >= 15 is 0 Å². The first-order chi connectivity index (χ1) is 14.1. The summed E-state index contributed by atoms with van der Waals surface area (Å²) in [5, 5.41) is 3.26. The number of aromatic nitrogens is 1. The first-order valence-electron chi connectivity index (χ1n) is 9.52. The number of nitrogens with zero attached hydrogens (tertiary/aromatic N) is 3. The molecule has 0 aliphatic carbocycles. The zero-order valence-corrected chi connectivity index (χ0v) is 16.2. The predicted octanol–water partition coefficient (Wildman–Crippen LogP) is 3.32. The smallest absolute Gasteiger partial charge is 0.289 e. The fraction of sp³-hybridized carbons (Fsp3) is 0.227. The number of hydrogen-bond acceptors (Lipinski definition) is 5. The van der Waals surface area contributed by atoms with E-state index in [0.717, 1.165) is 11.3 Å². The van der Waals surface area contributed by atoms with E-state index < -0.39 is 0 Å². The van der Waals surface area contributed by atoms with E-state index in [4.69, 9.17) is 4.42 Å². The Labute approximate surface area is 169 Å². The molecule has 1 N–H and O–H groups in total. The fourth-order valence-corrected chi connectivity index (χ4v) is 3.30. The molecule has 0 bridgehead atoms. The molecule has 29 heavy (non-hydrogen) atoms. The standard InChI is InChI=1S/C22H22N4O3/c1-16-5-2-3-6-18(16)24-20-9-8-17(15-23-20)21(27)25-10-12-26(13-11-25)22(28)19-7-4-14-29-19/h2-9,14-15H,10-13H2,1H3,(H,23,24). The third kappa shape index (κ3) is 4.13. The van der Waals surface area contributed by atoms with Crippen LogP contribution in [0.25, 0.3) is 0 Å². The van der Waals surface area contributed by atoms with Crippen LogP contribution in [0.5, 0.6) is 0 Å². The van der Waals surface area contributed by atoms with Crippen LogP contribution in [0.3, 0.4) is 0 Å². The molecule has 1 aliphatic heterocycles. The highest BCUT2D eigenvalue weighted by atomic mass is 16.3. The average Bonchev–Trinajstić information content (AvgIpc) is 3.30. The minimum absolute atomic E-state index is 0.0787. The molecule has 3 heterocycles. The van der Waals surface area contributed by atoms with Crippen LogP contribution in [0.4, 0.5) is 11.5 Å². The molecule has 0 spiro atoms. The highest BCUT2D eigenvalue weighted by molar-refractivity contribution is 5.95. The van der Waals surface area contributed by atoms with Crippen molar-refractivity contribution in [1.82, 2.24) is 14.8 Å². The van der Waals surface area contributed by atoms with E-state index in [1.807, 2.05) is 31.2 Å². The van der Waals surface area contributed by atoms with Gasteiger partial charge in [0.2, 0.25) is 0 Å². The number of carbonyl (C=O) groups excluding carboxylic acids is 2. The number of aryl methyl sites for hydroxylation is 1. The van der Waals surface area contributed by atoms with Crippen molar-refractivity contribution in [2.24, 2.45) is 0 Å². The Hall–Kier alpha value is -3.61. The van der Waals surface area contributed by atoms with Crippen LogP contribution in [0.2, 0.25) is 0 Å². The lowest BCUT2D eigenvalue weighted by Gasteiger charge is -2.34. The van der Waals surface area contributed by atoms with Crippen LogP contribution in [0.15, 0.2) is 65.4 Å². The number of amides is 2. The minimum Gasteiger partial charge on any atom is -0.459 e. The molecule has 0 unspecified atom stereocenters. The van der Waals surface area contributed by atoms with Crippen molar-refractivity contribution in [2.75, 3.05) is 31.5 Å². The van der Waals surface area contributed by atoms with Crippen LogP contribution in [0, 0.1) is 6.92 Å². The average molecular weight is 390 g/mol. The summed E-state index contributed by atoms with van der Waals surface area (Å²) in [7, 11) is 0. The summed E-state index contributed by atoms with van der Waals surface area (Å²) in [4.78, 5) is 32.9. The molecule has 0 saturated carbocycles. The molecule has 148 valence electrons. The SMILES string of the molecule is Cc1ccccc1Nc1ccc(C(=O)N2CCN(C(=O)c3ccco3)CC2)cn1. The topological polar surface area (TPSA) is 78.7 Å². The molecule has 2 aromatic heterocycles. The summed E-state index contributed by atoms with van der Waals surface area (Å²) in [5.74, 6) is 0.788. The highest BCUT2D eigenvalue weighted by Crippen LogP contribution is 2.19. The van der Waals surface area contributed by atoms with Crippen LogP contribution in [-0.2, 0) is 0 Å². The summed E-state index contributed by atoms with van der Waals surface area (Å²) in [6.07, 6.45) is 3.07. The Bertz CT molecular complexity index is 991. The van der Waals surface area contributed by atoms with Crippen LogP contribution in [-0.4, -0.2) is 52.8 Å². The molecular weight excluding hydrogens is 368 g/mol. The molecule has 1 aliphatic rings. The van der Waals surface area contributed by atoms with Crippen LogP contribution < -0.4 is 5.32 Å². The Morgan fingerprint density at radius 2 is 1.66 bits per heavy atom. The molecule has 1 fully saturated rings. The number of hydrogen-bond donors (Lipinski definition) is 1. The van der Waals surface area contributed by atoms with Gasteiger partial charge in [-0.2, -0.15) is 0 Å². The van der Waals surface area contributed by atoms with Crippen LogP contribution >= 0.6 is 0 Å². The lowest BCUT2D eigenvalue weighted by Crippen LogP contribution is -2.50. The maximum absolute atomic E-state index is 12.8. The van der Waals surface area contributed by atoms with Crippen molar-refractivity contribution < 1.29 is 14.0 Å². The van der Waals surface area contributed by atoms with Gasteiger partial charge in [0, 0.05) is 38.1 Å². The molecule has 3 aromatic rings. The molecule has 1 saturated heterocycles. The van der Waals surface area contributed by atoms with E-state index in [2.05, 4.69) is 10.3 Å². The molecule has 2 amide bonds. The van der Waals surface area contributed by atoms with Gasteiger partial charge in [-0.15, -0.1) is 0 Å². The van der Waals surface area contributed by atoms with Gasteiger partial charge in [-0.25, -0.2) is 4.98 Å². The first-order valence-corrected chi connectivity index (χ1v) is 9.52.